The number of carbonyl (C=O) groups is 2. The highest BCUT2D eigenvalue weighted by molar-refractivity contribution is 6.10. The highest BCUT2D eigenvalue weighted by Crippen LogP contribution is 2.31. The lowest BCUT2D eigenvalue weighted by molar-refractivity contribution is -0.137. The molecule has 4 aromatic rings. The van der Waals surface area contributed by atoms with Crippen molar-refractivity contribution in [1.82, 2.24) is 9.97 Å². The van der Waals surface area contributed by atoms with Crippen LogP contribution in [0.1, 0.15) is 31.8 Å². The van der Waals surface area contributed by atoms with E-state index in [9.17, 15) is 22.8 Å². The van der Waals surface area contributed by atoms with E-state index in [0.29, 0.717) is 28.0 Å². The largest absolute Gasteiger partial charge is 0.495 e. The van der Waals surface area contributed by atoms with Crippen molar-refractivity contribution in [1.29, 1.82) is 0 Å². The van der Waals surface area contributed by atoms with Gasteiger partial charge in [-0.3, -0.25) is 9.59 Å². The Hall–Kier alpha value is -4.34. The monoisotopic (exact) mass is 468 g/mol. The normalized spacial score (nSPS) is 11.3. The number of aromatic nitrogens is 2. The van der Waals surface area contributed by atoms with Crippen LogP contribution in [0.15, 0.2) is 60.9 Å². The molecule has 0 bridgehead atoms. The summed E-state index contributed by atoms with van der Waals surface area (Å²) in [5, 5.41) is 5.84. The van der Waals surface area contributed by atoms with E-state index in [4.69, 9.17) is 4.74 Å². The van der Waals surface area contributed by atoms with Gasteiger partial charge in [-0.25, -0.2) is 4.98 Å². The van der Waals surface area contributed by atoms with E-state index in [1.165, 1.54) is 37.6 Å². The molecule has 174 valence electrons. The third kappa shape index (κ3) is 4.56. The molecule has 4 rings (SSSR count). The van der Waals surface area contributed by atoms with Gasteiger partial charge in [0.25, 0.3) is 11.8 Å². The van der Waals surface area contributed by atoms with Gasteiger partial charge in [0.05, 0.1) is 18.1 Å². The van der Waals surface area contributed by atoms with E-state index < -0.39 is 23.6 Å². The van der Waals surface area contributed by atoms with Crippen molar-refractivity contribution in [2.45, 2.75) is 13.1 Å². The predicted molar refractivity (Wildman–Crippen MR) is 121 cm³/mol. The fraction of sp³-hybridized carbons (Fsp3) is 0.125. The molecule has 0 unspecified atom stereocenters. The summed E-state index contributed by atoms with van der Waals surface area (Å²) in [7, 11) is 1.45. The summed E-state index contributed by atoms with van der Waals surface area (Å²) in [5.74, 6) is -0.770. The highest BCUT2D eigenvalue weighted by atomic mass is 19.4. The number of nitrogens with one attached hydrogen (secondary N) is 3. The molecule has 0 fully saturated rings. The first-order chi connectivity index (χ1) is 16.2. The number of fused-ring (bicyclic) bond motifs is 1. The van der Waals surface area contributed by atoms with Crippen molar-refractivity contribution < 1.29 is 27.5 Å². The van der Waals surface area contributed by atoms with Crippen LogP contribution in [0.4, 0.5) is 24.5 Å². The number of methoxy groups -OCH3 is 1. The van der Waals surface area contributed by atoms with Crippen molar-refractivity contribution in [3.8, 4) is 5.75 Å². The van der Waals surface area contributed by atoms with Crippen LogP contribution in [0, 0.1) is 6.92 Å². The lowest BCUT2D eigenvalue weighted by Crippen LogP contribution is -2.17. The second-order valence-corrected chi connectivity index (χ2v) is 7.46. The van der Waals surface area contributed by atoms with Crippen molar-refractivity contribution in [2.24, 2.45) is 0 Å². The van der Waals surface area contributed by atoms with E-state index in [0.717, 1.165) is 12.1 Å². The van der Waals surface area contributed by atoms with E-state index in [1.54, 1.807) is 25.3 Å². The van der Waals surface area contributed by atoms with Crippen LogP contribution in [0.5, 0.6) is 5.75 Å². The van der Waals surface area contributed by atoms with Gasteiger partial charge in [-0.2, -0.15) is 13.2 Å². The number of benzene rings is 2. The standard InChI is InChI=1S/C24H19F3N4O3/c1-13-6-7-14(22(32)30-16-5-3-4-15(11-16)24(25,26)27)10-19(13)31-23(33)18-12-29-21-17(8-9-28-21)20(18)34-2/h3-12H,1-2H3,(H,28,29)(H,30,32)(H,31,33). The Morgan fingerprint density at radius 3 is 2.56 bits per heavy atom. The number of aryl methyl sites for hydroxylation is 1. The number of aromatic amines is 1. The molecule has 3 N–H and O–H groups in total. The quantitative estimate of drug-likeness (QED) is 0.365. The Labute approximate surface area is 192 Å². The number of H-pyrrole nitrogens is 1. The van der Waals surface area contributed by atoms with Gasteiger partial charge in [0.1, 0.15) is 17.0 Å². The molecule has 34 heavy (non-hydrogen) atoms. The topological polar surface area (TPSA) is 96.1 Å². The first kappa shape index (κ1) is 22.8. The zero-order chi connectivity index (χ0) is 24.5. The smallest absolute Gasteiger partial charge is 0.416 e. The molecular formula is C24H19F3N4O3. The van der Waals surface area contributed by atoms with Crippen LogP contribution >= 0.6 is 0 Å². The molecule has 0 aliphatic carbocycles. The van der Waals surface area contributed by atoms with E-state index >= 15 is 0 Å². The number of anilines is 2. The van der Waals surface area contributed by atoms with Crippen molar-refractivity contribution in [2.75, 3.05) is 17.7 Å². The Bertz CT molecular complexity index is 1400. The van der Waals surface area contributed by atoms with Gasteiger partial charge in [0, 0.05) is 29.3 Å². The molecule has 0 aliphatic rings. The SMILES string of the molecule is COc1c(C(=O)Nc2cc(C(=O)Nc3cccc(C(F)(F)F)c3)ccc2C)cnc2[nH]ccc12. The Balaban J connectivity index is 1.57. The molecule has 7 nitrogen and oxygen atoms in total. The molecule has 2 aromatic carbocycles. The number of hydrogen-bond acceptors (Lipinski definition) is 4. The molecule has 0 saturated heterocycles. The zero-order valence-electron chi connectivity index (χ0n) is 18.1. The minimum atomic E-state index is -4.53. The molecule has 2 aromatic heterocycles. The fourth-order valence-electron chi connectivity index (χ4n) is 3.43. The van der Waals surface area contributed by atoms with E-state index in [2.05, 4.69) is 20.6 Å². The minimum absolute atomic E-state index is 0.00148. The van der Waals surface area contributed by atoms with E-state index in [1.807, 2.05) is 0 Å². The van der Waals surface area contributed by atoms with E-state index in [-0.39, 0.29) is 16.8 Å². The van der Waals surface area contributed by atoms with Gasteiger partial charge < -0.3 is 20.4 Å². The van der Waals surface area contributed by atoms with Crippen LogP contribution < -0.4 is 15.4 Å². The summed E-state index contributed by atoms with van der Waals surface area (Å²) in [6.45, 7) is 1.74. The number of amides is 2. The number of carbonyl (C=O) groups excluding carboxylic acids is 2. The number of nitrogens with zero attached hydrogens (tertiary/aromatic N) is 1. The summed E-state index contributed by atoms with van der Waals surface area (Å²) in [6, 6.07) is 10.7. The summed E-state index contributed by atoms with van der Waals surface area (Å²) in [4.78, 5) is 32.8. The highest BCUT2D eigenvalue weighted by Gasteiger charge is 2.30. The third-order valence-corrected chi connectivity index (χ3v) is 5.18. The van der Waals surface area contributed by atoms with Crippen molar-refractivity contribution in [3.05, 3.63) is 83.2 Å². The summed E-state index contributed by atoms with van der Waals surface area (Å²) in [6.07, 6.45) is -1.47. The maximum Gasteiger partial charge on any atom is 0.416 e. The van der Waals surface area contributed by atoms with Crippen LogP contribution in [-0.4, -0.2) is 28.9 Å². The van der Waals surface area contributed by atoms with Gasteiger partial charge >= 0.3 is 6.18 Å². The number of pyridine rings is 1. The van der Waals surface area contributed by atoms with Crippen molar-refractivity contribution >= 4 is 34.2 Å². The average Bonchev–Trinajstić information content (AvgIpc) is 3.28. The summed E-state index contributed by atoms with van der Waals surface area (Å²) < 4.78 is 44.2. The maximum absolute atomic E-state index is 13.0. The van der Waals surface area contributed by atoms with Crippen LogP contribution in [0.2, 0.25) is 0 Å². The van der Waals surface area contributed by atoms with Gasteiger partial charge in [-0.1, -0.05) is 12.1 Å². The maximum atomic E-state index is 13.0. The van der Waals surface area contributed by atoms with Crippen LogP contribution in [0.25, 0.3) is 11.0 Å². The molecule has 0 atom stereocenters. The summed E-state index contributed by atoms with van der Waals surface area (Å²) in [5.41, 5.74) is 1.09. The Morgan fingerprint density at radius 2 is 1.82 bits per heavy atom. The third-order valence-electron chi connectivity index (χ3n) is 5.18. The molecule has 0 radical (unpaired) electrons. The first-order valence-corrected chi connectivity index (χ1v) is 10.1. The Morgan fingerprint density at radius 1 is 1.03 bits per heavy atom. The van der Waals surface area contributed by atoms with Gasteiger partial charge in [-0.15, -0.1) is 0 Å². The Kier molecular flexibility index (Phi) is 5.97. The number of hydrogen-bond donors (Lipinski definition) is 3. The second-order valence-electron chi connectivity index (χ2n) is 7.46. The fourth-order valence-corrected chi connectivity index (χ4v) is 3.43. The molecular weight excluding hydrogens is 449 g/mol. The van der Waals surface area contributed by atoms with Gasteiger partial charge in [0.15, 0.2) is 0 Å². The number of rotatable bonds is 5. The molecule has 2 heterocycles. The van der Waals surface area contributed by atoms with Crippen LogP contribution in [0.3, 0.4) is 0 Å². The molecule has 10 heteroatoms. The predicted octanol–water partition coefficient (Wildman–Crippen LogP) is 5.40. The average molecular weight is 468 g/mol. The first-order valence-electron chi connectivity index (χ1n) is 10.1. The molecule has 2 amide bonds. The summed E-state index contributed by atoms with van der Waals surface area (Å²) >= 11 is 0. The lowest BCUT2D eigenvalue weighted by atomic mass is 10.1. The van der Waals surface area contributed by atoms with Crippen LogP contribution in [-0.2, 0) is 6.18 Å². The number of ether oxygens (including phenoxy) is 1. The lowest BCUT2D eigenvalue weighted by Gasteiger charge is -2.13. The van der Waals surface area contributed by atoms with Gasteiger partial charge in [0.2, 0.25) is 0 Å². The molecule has 0 saturated carbocycles. The second kappa shape index (κ2) is 8.89. The van der Waals surface area contributed by atoms with Crippen molar-refractivity contribution in [3.63, 3.8) is 0 Å². The van der Waals surface area contributed by atoms with Gasteiger partial charge in [-0.05, 0) is 48.9 Å². The number of alkyl halides is 3. The zero-order valence-corrected chi connectivity index (χ0v) is 18.1. The molecule has 0 aliphatic heterocycles. The number of halogens is 3. The molecule has 0 spiro atoms. The minimum Gasteiger partial charge on any atom is -0.495 e.